The fraction of sp³-hybridized carbons (Fsp3) is 0.435. The summed E-state index contributed by atoms with van der Waals surface area (Å²) in [6.45, 7) is 5.64. The summed E-state index contributed by atoms with van der Waals surface area (Å²) in [7, 11) is 1.35. The number of nitrogens with zero attached hydrogens (tertiary/aromatic N) is 3. The Labute approximate surface area is 188 Å². The van der Waals surface area contributed by atoms with Gasteiger partial charge in [0.15, 0.2) is 11.5 Å². The number of rotatable bonds is 4. The number of hydrogen-bond donors (Lipinski definition) is 1. The van der Waals surface area contributed by atoms with Gasteiger partial charge in [0.05, 0.1) is 13.2 Å². The molecule has 1 aliphatic rings. The number of likely N-dealkylation sites (tertiary alicyclic amines) is 1. The van der Waals surface area contributed by atoms with Crippen LogP contribution in [0.15, 0.2) is 28.7 Å². The topological polar surface area (TPSA) is 94.5 Å². The Hall–Kier alpha value is -3.14. The lowest BCUT2D eigenvalue weighted by Gasteiger charge is -2.25. The smallest absolute Gasteiger partial charge is 0.433 e. The molecule has 0 unspecified atom stereocenters. The SMILES string of the molecule is COc1ccc(-c2nc(C(=O)N3[C@H](C)CC[C@H]3C)c([C@H](C)N)o2)c2ccc(C(F)(F)F)nc12. The van der Waals surface area contributed by atoms with E-state index in [0.29, 0.717) is 10.9 Å². The number of hydrogen-bond acceptors (Lipinski definition) is 6. The summed E-state index contributed by atoms with van der Waals surface area (Å²) < 4.78 is 50.8. The monoisotopic (exact) mass is 462 g/mol. The van der Waals surface area contributed by atoms with Crippen molar-refractivity contribution in [1.82, 2.24) is 14.9 Å². The quantitative estimate of drug-likeness (QED) is 0.590. The van der Waals surface area contributed by atoms with Gasteiger partial charge < -0.3 is 19.8 Å². The van der Waals surface area contributed by atoms with E-state index in [1.807, 2.05) is 13.8 Å². The maximum atomic E-state index is 13.3. The van der Waals surface area contributed by atoms with Gasteiger partial charge >= 0.3 is 6.18 Å². The highest BCUT2D eigenvalue weighted by Crippen LogP contribution is 2.38. The van der Waals surface area contributed by atoms with Gasteiger partial charge in [0.1, 0.15) is 17.0 Å². The molecule has 1 saturated heterocycles. The molecule has 1 aliphatic heterocycles. The molecule has 0 radical (unpaired) electrons. The predicted octanol–water partition coefficient (Wildman–Crippen LogP) is 4.95. The summed E-state index contributed by atoms with van der Waals surface area (Å²) in [5.74, 6) is 0.212. The number of nitrogens with two attached hydrogens (primary N) is 1. The van der Waals surface area contributed by atoms with Crippen LogP contribution in [0.1, 0.15) is 61.6 Å². The Bertz CT molecular complexity index is 1200. The molecule has 176 valence electrons. The number of fused-ring (bicyclic) bond motifs is 1. The van der Waals surface area contributed by atoms with E-state index in [-0.39, 0.29) is 46.6 Å². The average Bonchev–Trinajstić information content (AvgIpc) is 3.35. The Morgan fingerprint density at radius 2 is 1.85 bits per heavy atom. The lowest BCUT2D eigenvalue weighted by molar-refractivity contribution is -0.140. The van der Waals surface area contributed by atoms with Crippen LogP contribution in [0.4, 0.5) is 13.2 Å². The molecule has 3 heterocycles. The molecule has 0 bridgehead atoms. The first-order valence-corrected chi connectivity index (χ1v) is 10.7. The number of alkyl halides is 3. The first kappa shape index (κ1) is 23.0. The Kier molecular flexibility index (Phi) is 5.81. The van der Waals surface area contributed by atoms with Crippen molar-refractivity contribution in [1.29, 1.82) is 0 Å². The standard InChI is InChI=1S/C23H25F3N4O3/c1-11-5-6-12(2)30(11)22(31)19-20(13(3)27)33-21(29-19)15-7-9-16(32-4)18-14(15)8-10-17(28-18)23(24,25)26/h7-13H,5-6,27H2,1-4H3/t11-,12-,13+/m1/s1. The third-order valence-corrected chi connectivity index (χ3v) is 6.02. The van der Waals surface area contributed by atoms with Gasteiger partial charge in [0, 0.05) is 23.0 Å². The zero-order valence-electron chi connectivity index (χ0n) is 18.7. The highest BCUT2D eigenvalue weighted by Gasteiger charge is 2.36. The maximum absolute atomic E-state index is 13.3. The van der Waals surface area contributed by atoms with Crippen LogP contribution < -0.4 is 10.5 Å². The molecule has 3 atom stereocenters. The molecular weight excluding hydrogens is 437 g/mol. The summed E-state index contributed by atoms with van der Waals surface area (Å²) in [5.41, 5.74) is 5.55. The molecule has 10 heteroatoms. The second-order valence-electron chi connectivity index (χ2n) is 8.41. The van der Waals surface area contributed by atoms with E-state index in [0.717, 1.165) is 18.9 Å². The molecule has 7 nitrogen and oxygen atoms in total. The van der Waals surface area contributed by atoms with E-state index in [1.165, 1.54) is 19.2 Å². The van der Waals surface area contributed by atoms with Crippen molar-refractivity contribution in [2.75, 3.05) is 7.11 Å². The molecule has 1 aromatic carbocycles. The van der Waals surface area contributed by atoms with Crippen LogP contribution in [0.25, 0.3) is 22.4 Å². The van der Waals surface area contributed by atoms with E-state index in [1.54, 1.807) is 17.9 Å². The van der Waals surface area contributed by atoms with Crippen LogP contribution in [-0.4, -0.2) is 40.0 Å². The molecule has 1 fully saturated rings. The third-order valence-electron chi connectivity index (χ3n) is 6.02. The summed E-state index contributed by atoms with van der Waals surface area (Å²) in [6, 6.07) is 4.79. The van der Waals surface area contributed by atoms with E-state index in [9.17, 15) is 18.0 Å². The number of amides is 1. The van der Waals surface area contributed by atoms with Crippen molar-refractivity contribution in [3.8, 4) is 17.2 Å². The molecule has 4 rings (SSSR count). The minimum Gasteiger partial charge on any atom is -0.494 e. The lowest BCUT2D eigenvalue weighted by Crippen LogP contribution is -2.39. The van der Waals surface area contributed by atoms with Gasteiger partial charge in [0.25, 0.3) is 5.91 Å². The van der Waals surface area contributed by atoms with Gasteiger partial charge in [-0.3, -0.25) is 4.79 Å². The lowest BCUT2D eigenvalue weighted by atomic mass is 10.1. The molecule has 2 aromatic heterocycles. The van der Waals surface area contributed by atoms with Crippen LogP contribution in [0, 0.1) is 0 Å². The third kappa shape index (κ3) is 4.03. The Morgan fingerprint density at radius 3 is 2.42 bits per heavy atom. The summed E-state index contributed by atoms with van der Waals surface area (Å²) in [5, 5.41) is 0.349. The number of oxazole rings is 1. The Morgan fingerprint density at radius 1 is 1.18 bits per heavy atom. The van der Waals surface area contributed by atoms with Gasteiger partial charge in [-0.15, -0.1) is 0 Å². The van der Waals surface area contributed by atoms with E-state index in [2.05, 4.69) is 9.97 Å². The molecule has 0 saturated carbocycles. The maximum Gasteiger partial charge on any atom is 0.433 e. The van der Waals surface area contributed by atoms with Gasteiger partial charge in [-0.1, -0.05) is 0 Å². The fourth-order valence-electron chi connectivity index (χ4n) is 4.33. The second-order valence-corrected chi connectivity index (χ2v) is 8.41. The largest absolute Gasteiger partial charge is 0.494 e. The second kappa shape index (κ2) is 8.33. The number of ether oxygens (including phenoxy) is 1. The fourth-order valence-corrected chi connectivity index (χ4v) is 4.33. The van der Waals surface area contributed by atoms with E-state index >= 15 is 0 Å². The van der Waals surface area contributed by atoms with Crippen LogP contribution in [0.3, 0.4) is 0 Å². The molecule has 0 aliphatic carbocycles. The Balaban J connectivity index is 1.87. The van der Waals surface area contributed by atoms with Crippen LogP contribution in [0.2, 0.25) is 0 Å². The predicted molar refractivity (Wildman–Crippen MR) is 116 cm³/mol. The van der Waals surface area contributed by atoms with Crippen molar-refractivity contribution in [3.63, 3.8) is 0 Å². The molecular formula is C23H25F3N4O3. The average molecular weight is 462 g/mol. The van der Waals surface area contributed by atoms with Gasteiger partial charge in [-0.2, -0.15) is 13.2 Å². The number of benzene rings is 1. The van der Waals surface area contributed by atoms with Crippen molar-refractivity contribution in [2.45, 2.75) is 57.9 Å². The number of pyridine rings is 1. The first-order chi connectivity index (χ1) is 15.5. The van der Waals surface area contributed by atoms with Crippen LogP contribution >= 0.6 is 0 Å². The van der Waals surface area contributed by atoms with E-state index < -0.39 is 17.9 Å². The van der Waals surface area contributed by atoms with Gasteiger partial charge in [-0.25, -0.2) is 9.97 Å². The van der Waals surface area contributed by atoms with Crippen molar-refractivity contribution >= 4 is 16.8 Å². The molecule has 0 spiro atoms. The summed E-state index contributed by atoms with van der Waals surface area (Å²) in [6.07, 6.45) is -2.83. The van der Waals surface area contributed by atoms with Gasteiger partial charge in [-0.05, 0) is 57.9 Å². The number of methoxy groups -OCH3 is 1. The molecule has 3 aromatic rings. The van der Waals surface area contributed by atoms with Crippen LogP contribution in [0.5, 0.6) is 5.75 Å². The van der Waals surface area contributed by atoms with Crippen LogP contribution in [-0.2, 0) is 6.18 Å². The number of halogens is 3. The number of carbonyl (C=O) groups excluding carboxylic acids is 1. The zero-order chi connectivity index (χ0) is 24.1. The highest BCUT2D eigenvalue weighted by atomic mass is 19.4. The molecule has 2 N–H and O–H groups in total. The summed E-state index contributed by atoms with van der Waals surface area (Å²) >= 11 is 0. The number of aromatic nitrogens is 2. The van der Waals surface area contributed by atoms with Crippen molar-refractivity contribution < 1.29 is 27.1 Å². The van der Waals surface area contributed by atoms with Crippen molar-refractivity contribution in [2.24, 2.45) is 5.73 Å². The zero-order valence-corrected chi connectivity index (χ0v) is 18.7. The summed E-state index contributed by atoms with van der Waals surface area (Å²) in [4.78, 5) is 23.4. The minimum atomic E-state index is -4.61. The first-order valence-electron chi connectivity index (χ1n) is 10.7. The number of carbonyl (C=O) groups is 1. The highest BCUT2D eigenvalue weighted by molar-refractivity contribution is 5.98. The molecule has 33 heavy (non-hydrogen) atoms. The van der Waals surface area contributed by atoms with E-state index in [4.69, 9.17) is 14.9 Å². The minimum absolute atomic E-state index is 0.0139. The normalized spacial score (nSPS) is 19.8. The molecule has 1 amide bonds. The van der Waals surface area contributed by atoms with Crippen molar-refractivity contribution in [3.05, 3.63) is 41.4 Å². The van der Waals surface area contributed by atoms with Gasteiger partial charge in [0.2, 0.25) is 5.89 Å².